The van der Waals surface area contributed by atoms with E-state index in [0.717, 1.165) is 16.8 Å². The number of aliphatic hydroxyl groups is 1. The molecule has 1 aliphatic rings. The van der Waals surface area contributed by atoms with E-state index in [1.807, 2.05) is 30.3 Å². The second-order valence-electron chi connectivity index (χ2n) is 6.81. The van der Waals surface area contributed by atoms with Gasteiger partial charge in [0.25, 0.3) is 11.5 Å². The second kappa shape index (κ2) is 6.80. The van der Waals surface area contributed by atoms with Gasteiger partial charge in [0.2, 0.25) is 0 Å². The molecule has 6 heteroatoms. The molecule has 6 nitrogen and oxygen atoms in total. The largest absolute Gasteiger partial charge is 0.380 e. The summed E-state index contributed by atoms with van der Waals surface area (Å²) in [6, 6.07) is 11.3. The molecule has 0 saturated heterocycles. The average molecular weight is 341 g/mol. The van der Waals surface area contributed by atoms with Crippen LogP contribution in [-0.2, 0) is 31.2 Å². The Morgan fingerprint density at radius 2 is 2.04 bits per heavy atom. The number of hydrogen-bond acceptors (Lipinski definition) is 4. The lowest BCUT2D eigenvalue weighted by Gasteiger charge is -2.34. The quantitative estimate of drug-likeness (QED) is 0.902. The first-order valence-electron chi connectivity index (χ1n) is 8.48. The lowest BCUT2D eigenvalue weighted by atomic mass is 9.94. The molecular formula is C19H23N3O3. The van der Waals surface area contributed by atoms with Crippen molar-refractivity contribution in [3.63, 3.8) is 0 Å². The van der Waals surface area contributed by atoms with Gasteiger partial charge in [0.1, 0.15) is 5.60 Å². The van der Waals surface area contributed by atoms with Gasteiger partial charge >= 0.3 is 0 Å². The number of amides is 1. The number of carbonyl (C=O) groups excluding carboxylic acids is 1. The van der Waals surface area contributed by atoms with Crippen LogP contribution in [0.1, 0.15) is 30.2 Å². The molecule has 1 aromatic heterocycles. The van der Waals surface area contributed by atoms with Crippen molar-refractivity contribution in [3.8, 4) is 0 Å². The van der Waals surface area contributed by atoms with Gasteiger partial charge < -0.3 is 10.0 Å². The molecule has 2 heterocycles. The van der Waals surface area contributed by atoms with E-state index in [9.17, 15) is 14.7 Å². The molecule has 0 radical (unpaired) electrons. The number of benzene rings is 1. The van der Waals surface area contributed by atoms with E-state index in [0.29, 0.717) is 32.4 Å². The van der Waals surface area contributed by atoms with Crippen molar-refractivity contribution in [1.29, 1.82) is 0 Å². The van der Waals surface area contributed by atoms with Gasteiger partial charge in [-0.25, -0.2) is 4.68 Å². The highest BCUT2D eigenvalue weighted by Crippen LogP contribution is 2.22. The lowest BCUT2D eigenvalue weighted by Crippen LogP contribution is -2.49. The summed E-state index contributed by atoms with van der Waals surface area (Å²) in [5, 5.41) is 14.9. The standard InChI is InChI=1S/C19H23N3O3/c1-19(25,10-8-14-6-4-3-5-7-14)18(24)22-11-9-16-15(13-22)12-17(23)21(2)20-16/h3-7,12,25H,8-11,13H2,1-2H3. The van der Waals surface area contributed by atoms with Crippen LogP contribution in [0.3, 0.4) is 0 Å². The molecule has 25 heavy (non-hydrogen) atoms. The molecule has 0 bridgehead atoms. The average Bonchev–Trinajstić information content (AvgIpc) is 2.61. The molecular weight excluding hydrogens is 318 g/mol. The Kier molecular flexibility index (Phi) is 4.72. The maximum absolute atomic E-state index is 12.8. The number of carbonyl (C=O) groups is 1. The van der Waals surface area contributed by atoms with Gasteiger partial charge in [0, 0.05) is 38.2 Å². The highest BCUT2D eigenvalue weighted by Gasteiger charge is 2.35. The van der Waals surface area contributed by atoms with E-state index in [1.54, 1.807) is 18.9 Å². The topological polar surface area (TPSA) is 75.4 Å². The van der Waals surface area contributed by atoms with Crippen molar-refractivity contribution in [2.24, 2.45) is 7.05 Å². The molecule has 2 aromatic rings. The van der Waals surface area contributed by atoms with E-state index in [4.69, 9.17) is 0 Å². The molecule has 1 atom stereocenters. The maximum Gasteiger partial charge on any atom is 0.266 e. The summed E-state index contributed by atoms with van der Waals surface area (Å²) >= 11 is 0. The summed E-state index contributed by atoms with van der Waals surface area (Å²) in [6.07, 6.45) is 1.57. The Morgan fingerprint density at radius 1 is 1.32 bits per heavy atom. The van der Waals surface area contributed by atoms with Crippen LogP contribution >= 0.6 is 0 Å². The molecule has 1 aliphatic heterocycles. The Morgan fingerprint density at radius 3 is 2.76 bits per heavy atom. The molecule has 0 saturated carbocycles. The van der Waals surface area contributed by atoms with Crippen molar-refractivity contribution in [1.82, 2.24) is 14.7 Å². The zero-order chi connectivity index (χ0) is 18.0. The molecule has 1 amide bonds. The van der Waals surface area contributed by atoms with Crippen molar-refractivity contribution >= 4 is 5.91 Å². The molecule has 1 N–H and O–H groups in total. The first kappa shape index (κ1) is 17.4. The Labute approximate surface area is 146 Å². The first-order valence-corrected chi connectivity index (χ1v) is 8.48. The fourth-order valence-corrected chi connectivity index (χ4v) is 3.15. The first-order chi connectivity index (χ1) is 11.9. The summed E-state index contributed by atoms with van der Waals surface area (Å²) in [4.78, 5) is 26.2. The number of fused-ring (bicyclic) bond motifs is 1. The number of hydrogen-bond donors (Lipinski definition) is 1. The second-order valence-corrected chi connectivity index (χ2v) is 6.81. The monoisotopic (exact) mass is 341 g/mol. The molecule has 0 spiro atoms. The van der Waals surface area contributed by atoms with Gasteiger partial charge in [-0.2, -0.15) is 5.10 Å². The highest BCUT2D eigenvalue weighted by molar-refractivity contribution is 5.84. The van der Waals surface area contributed by atoms with E-state index >= 15 is 0 Å². The molecule has 3 rings (SSSR count). The van der Waals surface area contributed by atoms with Gasteiger partial charge in [0.15, 0.2) is 0 Å². The van der Waals surface area contributed by atoms with Crippen LogP contribution in [0.2, 0.25) is 0 Å². The smallest absolute Gasteiger partial charge is 0.266 e. The van der Waals surface area contributed by atoms with Gasteiger partial charge in [-0.05, 0) is 25.3 Å². The SMILES string of the molecule is Cn1nc2c(cc1=O)CN(C(=O)C(C)(O)CCc1ccccc1)CC2. The number of rotatable bonds is 4. The zero-order valence-corrected chi connectivity index (χ0v) is 14.6. The normalized spacial score (nSPS) is 16.2. The van der Waals surface area contributed by atoms with Gasteiger partial charge in [-0.15, -0.1) is 0 Å². The number of aryl methyl sites for hydroxylation is 2. The predicted molar refractivity (Wildman–Crippen MR) is 94.0 cm³/mol. The third-order valence-electron chi connectivity index (χ3n) is 4.73. The van der Waals surface area contributed by atoms with Crippen LogP contribution in [0.25, 0.3) is 0 Å². The van der Waals surface area contributed by atoms with E-state index in [-0.39, 0.29) is 11.5 Å². The zero-order valence-electron chi connectivity index (χ0n) is 14.6. The van der Waals surface area contributed by atoms with Crippen LogP contribution in [0.15, 0.2) is 41.2 Å². The van der Waals surface area contributed by atoms with Crippen molar-refractivity contribution < 1.29 is 9.90 Å². The van der Waals surface area contributed by atoms with Gasteiger partial charge in [-0.1, -0.05) is 30.3 Å². The minimum atomic E-state index is -1.43. The minimum Gasteiger partial charge on any atom is -0.380 e. The summed E-state index contributed by atoms with van der Waals surface area (Å²) in [7, 11) is 1.62. The minimum absolute atomic E-state index is 0.191. The van der Waals surface area contributed by atoms with E-state index < -0.39 is 5.60 Å². The summed E-state index contributed by atoms with van der Waals surface area (Å²) in [5.41, 5.74) is 1.08. The lowest BCUT2D eigenvalue weighted by molar-refractivity contribution is -0.151. The van der Waals surface area contributed by atoms with Crippen molar-refractivity contribution in [2.75, 3.05) is 6.54 Å². The van der Waals surface area contributed by atoms with Crippen molar-refractivity contribution in [3.05, 3.63) is 63.6 Å². The van der Waals surface area contributed by atoms with E-state index in [1.165, 1.54) is 10.7 Å². The third kappa shape index (κ3) is 3.79. The van der Waals surface area contributed by atoms with Crippen LogP contribution < -0.4 is 5.56 Å². The van der Waals surface area contributed by atoms with Gasteiger partial charge in [-0.3, -0.25) is 9.59 Å². The molecule has 0 aliphatic carbocycles. The summed E-state index contributed by atoms with van der Waals surface area (Å²) in [5.74, 6) is -0.297. The van der Waals surface area contributed by atoms with Gasteiger partial charge in [0.05, 0.1) is 5.69 Å². The summed E-state index contributed by atoms with van der Waals surface area (Å²) in [6.45, 7) is 2.38. The predicted octanol–water partition coefficient (Wildman–Crippen LogP) is 1.05. The Hall–Kier alpha value is -2.47. The Balaban J connectivity index is 1.69. The van der Waals surface area contributed by atoms with Crippen molar-refractivity contribution in [2.45, 2.75) is 38.3 Å². The van der Waals surface area contributed by atoms with Crippen LogP contribution in [0.5, 0.6) is 0 Å². The van der Waals surface area contributed by atoms with E-state index in [2.05, 4.69) is 5.10 Å². The number of nitrogens with zero attached hydrogens (tertiary/aromatic N) is 3. The number of aromatic nitrogens is 2. The Bertz CT molecular complexity index is 828. The third-order valence-corrected chi connectivity index (χ3v) is 4.73. The molecule has 1 aromatic carbocycles. The van der Waals surface area contributed by atoms with Crippen LogP contribution in [0, 0.1) is 0 Å². The molecule has 132 valence electrons. The summed E-state index contributed by atoms with van der Waals surface area (Å²) < 4.78 is 1.31. The molecule has 0 fully saturated rings. The molecule has 1 unspecified atom stereocenters. The van der Waals surface area contributed by atoms with Crippen LogP contribution in [0.4, 0.5) is 0 Å². The van der Waals surface area contributed by atoms with Crippen LogP contribution in [-0.4, -0.2) is 37.8 Å². The fourth-order valence-electron chi connectivity index (χ4n) is 3.15. The maximum atomic E-state index is 12.8. The highest BCUT2D eigenvalue weighted by atomic mass is 16.3. The fraction of sp³-hybridized carbons (Fsp3) is 0.421.